The molecule has 1 saturated carbocycles. The number of ketones is 1. The quantitative estimate of drug-likeness (QED) is 0.547. The number of aliphatic hydroxyl groups is 1. The van der Waals surface area contributed by atoms with Crippen molar-refractivity contribution in [1.29, 1.82) is 0 Å². The van der Waals surface area contributed by atoms with E-state index in [0.29, 0.717) is 6.42 Å². The van der Waals surface area contributed by atoms with E-state index in [2.05, 4.69) is 0 Å². The van der Waals surface area contributed by atoms with Gasteiger partial charge in [0.2, 0.25) is 0 Å². The molecule has 0 aromatic carbocycles. The molecule has 1 N–H and O–H groups in total. The predicted octanol–water partition coefficient (Wildman–Crippen LogP) is 0.982. The summed E-state index contributed by atoms with van der Waals surface area (Å²) in [5.74, 6) is 0.241. The highest BCUT2D eigenvalue weighted by atomic mass is 16.3. The van der Waals surface area contributed by atoms with Gasteiger partial charge in [0, 0.05) is 11.3 Å². The van der Waals surface area contributed by atoms with Gasteiger partial charge >= 0.3 is 0 Å². The maximum absolute atomic E-state index is 11.3. The van der Waals surface area contributed by atoms with Crippen LogP contribution in [-0.4, -0.2) is 17.0 Å². The molecule has 0 radical (unpaired) electrons. The zero-order valence-electron chi connectivity index (χ0n) is 6.72. The van der Waals surface area contributed by atoms with Crippen LogP contribution in [0.25, 0.3) is 0 Å². The van der Waals surface area contributed by atoms with Crippen LogP contribution in [-0.2, 0) is 4.79 Å². The van der Waals surface area contributed by atoms with Crippen molar-refractivity contribution in [1.82, 2.24) is 0 Å². The van der Waals surface area contributed by atoms with Gasteiger partial charge in [-0.05, 0) is 6.42 Å². The third-order valence-corrected chi connectivity index (χ3v) is 2.49. The van der Waals surface area contributed by atoms with Gasteiger partial charge in [-0.3, -0.25) is 4.79 Å². The molecule has 1 fully saturated rings. The van der Waals surface area contributed by atoms with Gasteiger partial charge in [-0.2, -0.15) is 0 Å². The van der Waals surface area contributed by atoms with Gasteiger partial charge in [0.25, 0.3) is 0 Å². The molecule has 1 aliphatic rings. The Morgan fingerprint density at radius 1 is 1.60 bits per heavy atom. The summed E-state index contributed by atoms with van der Waals surface area (Å²) in [6.07, 6.45) is 0.196. The minimum Gasteiger partial charge on any atom is -0.392 e. The van der Waals surface area contributed by atoms with E-state index in [9.17, 15) is 9.90 Å². The van der Waals surface area contributed by atoms with Crippen molar-refractivity contribution in [3.63, 3.8) is 0 Å². The lowest BCUT2D eigenvalue weighted by atomic mass is 9.87. The van der Waals surface area contributed by atoms with E-state index in [1.165, 1.54) is 0 Å². The molecule has 1 rings (SSSR count). The van der Waals surface area contributed by atoms with E-state index >= 15 is 0 Å². The van der Waals surface area contributed by atoms with Crippen LogP contribution in [0.1, 0.15) is 27.2 Å². The van der Waals surface area contributed by atoms with Crippen molar-refractivity contribution in [3.05, 3.63) is 0 Å². The SMILES string of the molecule is CC1CC(O)C(C)(C)C1=O. The summed E-state index contributed by atoms with van der Waals surface area (Å²) in [5, 5.41) is 9.38. The lowest BCUT2D eigenvalue weighted by Crippen LogP contribution is -2.29. The van der Waals surface area contributed by atoms with E-state index in [-0.39, 0.29) is 11.7 Å². The highest BCUT2D eigenvalue weighted by molar-refractivity contribution is 5.88. The van der Waals surface area contributed by atoms with Crippen molar-refractivity contribution >= 4 is 5.78 Å². The molecule has 2 heteroatoms. The van der Waals surface area contributed by atoms with Crippen molar-refractivity contribution in [3.8, 4) is 0 Å². The zero-order valence-corrected chi connectivity index (χ0v) is 6.72. The smallest absolute Gasteiger partial charge is 0.143 e. The lowest BCUT2D eigenvalue weighted by molar-refractivity contribution is -0.129. The maximum Gasteiger partial charge on any atom is 0.143 e. The molecule has 0 bridgehead atoms. The number of carbonyl (C=O) groups excluding carboxylic acids is 1. The highest BCUT2D eigenvalue weighted by Gasteiger charge is 2.45. The predicted molar refractivity (Wildman–Crippen MR) is 38.6 cm³/mol. The first-order valence-corrected chi connectivity index (χ1v) is 3.68. The lowest BCUT2D eigenvalue weighted by Gasteiger charge is -2.19. The number of hydrogen-bond acceptors (Lipinski definition) is 2. The molecule has 58 valence electrons. The van der Waals surface area contributed by atoms with Crippen molar-refractivity contribution < 1.29 is 9.90 Å². The number of aliphatic hydroxyl groups excluding tert-OH is 1. The molecule has 2 atom stereocenters. The molecule has 0 aliphatic heterocycles. The molecule has 0 heterocycles. The van der Waals surface area contributed by atoms with Crippen LogP contribution in [0.3, 0.4) is 0 Å². The maximum atomic E-state index is 11.3. The average Bonchev–Trinajstić information content (AvgIpc) is 1.97. The minimum absolute atomic E-state index is 0.0463. The first kappa shape index (κ1) is 7.73. The monoisotopic (exact) mass is 142 g/mol. The molecule has 0 amide bonds. The topological polar surface area (TPSA) is 37.3 Å². The summed E-state index contributed by atoms with van der Waals surface area (Å²) >= 11 is 0. The van der Waals surface area contributed by atoms with Gasteiger partial charge in [0.15, 0.2) is 0 Å². The second-order valence-corrected chi connectivity index (χ2v) is 3.74. The number of hydrogen-bond donors (Lipinski definition) is 1. The van der Waals surface area contributed by atoms with Crippen LogP contribution < -0.4 is 0 Å². The fourth-order valence-electron chi connectivity index (χ4n) is 1.54. The van der Waals surface area contributed by atoms with E-state index in [4.69, 9.17) is 0 Å². The second-order valence-electron chi connectivity index (χ2n) is 3.74. The third kappa shape index (κ3) is 0.870. The summed E-state index contributed by atoms with van der Waals surface area (Å²) in [5.41, 5.74) is -0.501. The summed E-state index contributed by atoms with van der Waals surface area (Å²) < 4.78 is 0. The van der Waals surface area contributed by atoms with E-state index in [0.717, 1.165) is 0 Å². The Morgan fingerprint density at radius 2 is 2.10 bits per heavy atom. The van der Waals surface area contributed by atoms with Gasteiger partial charge < -0.3 is 5.11 Å². The van der Waals surface area contributed by atoms with Gasteiger partial charge in [-0.1, -0.05) is 20.8 Å². The second kappa shape index (κ2) is 2.06. The van der Waals surface area contributed by atoms with Gasteiger partial charge in [-0.15, -0.1) is 0 Å². The standard InChI is InChI=1S/C8H14O2/c1-5-4-6(9)8(2,3)7(5)10/h5-6,9H,4H2,1-3H3. The van der Waals surface area contributed by atoms with Gasteiger partial charge in [0.05, 0.1) is 6.10 Å². The molecule has 0 aromatic heterocycles. The molecule has 0 saturated heterocycles. The van der Waals surface area contributed by atoms with E-state index in [1.54, 1.807) is 0 Å². The Labute approximate surface area is 61.2 Å². The zero-order chi connectivity index (χ0) is 7.94. The van der Waals surface area contributed by atoms with Gasteiger partial charge in [0.1, 0.15) is 5.78 Å². The van der Waals surface area contributed by atoms with Crippen LogP contribution >= 0.6 is 0 Å². The Kier molecular flexibility index (Phi) is 1.59. The number of rotatable bonds is 0. The van der Waals surface area contributed by atoms with Gasteiger partial charge in [-0.25, -0.2) is 0 Å². The summed E-state index contributed by atoms with van der Waals surface area (Å²) in [6.45, 7) is 5.49. The fourth-order valence-corrected chi connectivity index (χ4v) is 1.54. The van der Waals surface area contributed by atoms with Crippen LogP contribution in [0, 0.1) is 11.3 Å². The van der Waals surface area contributed by atoms with Crippen molar-refractivity contribution in [2.24, 2.45) is 11.3 Å². The molecule has 10 heavy (non-hydrogen) atoms. The van der Waals surface area contributed by atoms with Crippen molar-refractivity contribution in [2.75, 3.05) is 0 Å². The molecule has 2 nitrogen and oxygen atoms in total. The number of Topliss-reactive ketones (excluding diaryl/α,β-unsaturated/α-hetero) is 1. The van der Waals surface area contributed by atoms with Crippen LogP contribution in [0.15, 0.2) is 0 Å². The Morgan fingerprint density at radius 3 is 2.20 bits per heavy atom. The largest absolute Gasteiger partial charge is 0.392 e. The normalized spacial score (nSPS) is 38.6. The van der Waals surface area contributed by atoms with Crippen LogP contribution in [0.5, 0.6) is 0 Å². The Hall–Kier alpha value is -0.370. The molecular weight excluding hydrogens is 128 g/mol. The minimum atomic E-state index is -0.501. The van der Waals surface area contributed by atoms with Crippen molar-refractivity contribution in [2.45, 2.75) is 33.3 Å². The molecular formula is C8H14O2. The third-order valence-electron chi connectivity index (χ3n) is 2.49. The summed E-state index contributed by atoms with van der Waals surface area (Å²) in [6, 6.07) is 0. The van der Waals surface area contributed by atoms with E-state index in [1.807, 2.05) is 20.8 Å². The Balaban J connectivity index is 2.85. The first-order valence-electron chi connectivity index (χ1n) is 3.68. The molecule has 1 aliphatic carbocycles. The average molecular weight is 142 g/mol. The highest BCUT2D eigenvalue weighted by Crippen LogP contribution is 2.37. The first-order chi connectivity index (χ1) is 4.46. The molecule has 0 aromatic rings. The summed E-state index contributed by atoms with van der Waals surface area (Å²) in [4.78, 5) is 11.3. The summed E-state index contributed by atoms with van der Waals surface area (Å²) in [7, 11) is 0. The number of carbonyl (C=O) groups is 1. The fraction of sp³-hybridized carbons (Fsp3) is 0.875. The van der Waals surface area contributed by atoms with Crippen LogP contribution in [0.2, 0.25) is 0 Å². The Bertz CT molecular complexity index is 161. The molecule has 2 unspecified atom stereocenters. The van der Waals surface area contributed by atoms with E-state index < -0.39 is 11.5 Å². The van der Waals surface area contributed by atoms with Crippen LogP contribution in [0.4, 0.5) is 0 Å². The molecule has 0 spiro atoms.